The second-order valence-corrected chi connectivity index (χ2v) is 3.54. The van der Waals surface area contributed by atoms with Crippen molar-refractivity contribution in [2.24, 2.45) is 5.11 Å². The number of benzene rings is 2. The van der Waals surface area contributed by atoms with Gasteiger partial charge >= 0.3 is 0 Å². The van der Waals surface area contributed by atoms with Crippen LogP contribution in [0.1, 0.15) is 5.56 Å². The smallest absolute Gasteiger partial charge is 0.244 e. The first-order chi connectivity index (χ1) is 7.75. The van der Waals surface area contributed by atoms with Gasteiger partial charge in [0.25, 0.3) is 0 Å². The molecule has 0 unspecified atom stereocenters. The number of hydrogen-bond donors (Lipinski definition) is 0. The maximum absolute atomic E-state index is 11.7. The Hall–Kier alpha value is -2.16. The average molecular weight is 212 g/mol. The molecule has 0 aromatic heterocycles. The molecule has 0 saturated heterocycles. The van der Waals surface area contributed by atoms with Gasteiger partial charge in [-0.3, -0.25) is 0 Å². The van der Waals surface area contributed by atoms with Crippen molar-refractivity contribution in [1.29, 1.82) is 0 Å². The molecular weight excluding hydrogens is 200 g/mol. The van der Waals surface area contributed by atoms with E-state index in [9.17, 15) is 5.21 Å². The molecule has 0 amide bonds. The molecule has 0 spiro atoms. The fourth-order valence-corrected chi connectivity index (χ4v) is 1.33. The molecular formula is C13H12N2O. The van der Waals surface area contributed by atoms with Crippen LogP contribution in [0.15, 0.2) is 59.7 Å². The van der Waals surface area contributed by atoms with E-state index in [1.165, 1.54) is 0 Å². The van der Waals surface area contributed by atoms with Crippen molar-refractivity contribution in [2.45, 2.75) is 6.92 Å². The third kappa shape index (κ3) is 2.45. The first kappa shape index (κ1) is 10.4. The Bertz CT molecular complexity index is 489. The van der Waals surface area contributed by atoms with Crippen molar-refractivity contribution in [3.63, 3.8) is 0 Å². The van der Waals surface area contributed by atoms with Crippen molar-refractivity contribution in [1.82, 2.24) is 0 Å². The van der Waals surface area contributed by atoms with Crippen LogP contribution >= 0.6 is 0 Å². The van der Waals surface area contributed by atoms with Gasteiger partial charge in [-0.05, 0) is 19.1 Å². The van der Waals surface area contributed by atoms with Gasteiger partial charge in [-0.25, -0.2) is 0 Å². The van der Waals surface area contributed by atoms with Gasteiger partial charge in [0.2, 0.25) is 5.69 Å². The fraction of sp³-hybridized carbons (Fsp3) is 0.0769. The lowest BCUT2D eigenvalue weighted by Crippen LogP contribution is -1.89. The Kier molecular flexibility index (Phi) is 2.96. The monoisotopic (exact) mass is 212 g/mol. The first-order valence-electron chi connectivity index (χ1n) is 5.06. The van der Waals surface area contributed by atoms with E-state index in [2.05, 4.69) is 5.11 Å². The standard InChI is InChI=1S/C13H12N2O/c1-11-7-9-13(10-8-11)15(16)14-12-5-3-2-4-6-12/h2-10H,1H3. The summed E-state index contributed by atoms with van der Waals surface area (Å²) in [6.07, 6.45) is 0. The van der Waals surface area contributed by atoms with Crippen LogP contribution in [0.4, 0.5) is 11.4 Å². The van der Waals surface area contributed by atoms with Gasteiger partial charge in [-0.2, -0.15) is 0 Å². The molecule has 80 valence electrons. The molecule has 0 radical (unpaired) electrons. The van der Waals surface area contributed by atoms with Crippen molar-refractivity contribution < 1.29 is 4.86 Å². The molecule has 2 aromatic rings. The van der Waals surface area contributed by atoms with E-state index >= 15 is 0 Å². The van der Waals surface area contributed by atoms with Crippen LogP contribution in [0.5, 0.6) is 0 Å². The van der Waals surface area contributed by atoms with E-state index in [0.717, 1.165) is 5.56 Å². The average Bonchev–Trinajstić information content (AvgIpc) is 2.31. The Balaban J connectivity index is 2.28. The van der Waals surface area contributed by atoms with Crippen LogP contribution in [-0.2, 0) is 0 Å². The summed E-state index contributed by atoms with van der Waals surface area (Å²) in [4.78, 5) is 0.634. The maximum Gasteiger partial charge on any atom is 0.244 e. The largest absolute Gasteiger partial charge is 0.594 e. The minimum Gasteiger partial charge on any atom is -0.594 e. The van der Waals surface area contributed by atoms with Crippen LogP contribution in [-0.4, -0.2) is 4.86 Å². The van der Waals surface area contributed by atoms with Gasteiger partial charge in [0, 0.05) is 17.2 Å². The third-order valence-electron chi connectivity index (χ3n) is 2.22. The molecule has 0 fully saturated rings. The lowest BCUT2D eigenvalue weighted by Gasteiger charge is -1.99. The normalized spacial score (nSPS) is 11.4. The Morgan fingerprint density at radius 1 is 0.938 bits per heavy atom. The van der Waals surface area contributed by atoms with Gasteiger partial charge in [0.15, 0.2) is 0 Å². The van der Waals surface area contributed by atoms with E-state index in [4.69, 9.17) is 0 Å². The quantitative estimate of drug-likeness (QED) is 0.422. The summed E-state index contributed by atoms with van der Waals surface area (Å²) in [5.74, 6) is 0. The minimum absolute atomic E-state index is 0.537. The van der Waals surface area contributed by atoms with Crippen LogP contribution < -0.4 is 0 Å². The lowest BCUT2D eigenvalue weighted by atomic mass is 10.2. The van der Waals surface area contributed by atoms with Gasteiger partial charge in [-0.15, -0.1) is 0 Å². The highest BCUT2D eigenvalue weighted by atomic mass is 16.5. The Morgan fingerprint density at radius 2 is 1.56 bits per heavy atom. The zero-order valence-electron chi connectivity index (χ0n) is 9.00. The lowest BCUT2D eigenvalue weighted by molar-refractivity contribution is -0.435. The molecule has 3 heteroatoms. The highest BCUT2D eigenvalue weighted by Crippen LogP contribution is 2.17. The predicted octanol–water partition coefficient (Wildman–Crippen LogP) is 3.92. The van der Waals surface area contributed by atoms with Crippen molar-refractivity contribution in [3.05, 3.63) is 65.4 Å². The second-order valence-electron chi connectivity index (χ2n) is 3.54. The van der Waals surface area contributed by atoms with Gasteiger partial charge in [0.1, 0.15) is 5.69 Å². The fourth-order valence-electron chi connectivity index (χ4n) is 1.33. The summed E-state index contributed by atoms with van der Waals surface area (Å²) >= 11 is 0. The molecule has 0 atom stereocenters. The highest BCUT2D eigenvalue weighted by Gasteiger charge is 2.02. The van der Waals surface area contributed by atoms with Crippen LogP contribution in [0.25, 0.3) is 0 Å². The highest BCUT2D eigenvalue weighted by molar-refractivity contribution is 5.36. The molecule has 0 aliphatic carbocycles. The van der Waals surface area contributed by atoms with Crippen LogP contribution in [0, 0.1) is 12.1 Å². The molecule has 2 rings (SSSR count). The summed E-state index contributed by atoms with van der Waals surface area (Å²) in [6.45, 7) is 1.98. The SMILES string of the molecule is Cc1ccc([N+]([O-])=Nc2ccccc2)cc1. The van der Waals surface area contributed by atoms with Gasteiger partial charge in [-0.1, -0.05) is 40.8 Å². The van der Waals surface area contributed by atoms with Crippen LogP contribution in [0.3, 0.4) is 0 Å². The van der Waals surface area contributed by atoms with Crippen molar-refractivity contribution >= 4 is 11.4 Å². The second kappa shape index (κ2) is 4.57. The minimum atomic E-state index is 0.537. The van der Waals surface area contributed by atoms with Crippen LogP contribution in [0.2, 0.25) is 0 Å². The third-order valence-corrected chi connectivity index (χ3v) is 2.22. The van der Waals surface area contributed by atoms with Crippen molar-refractivity contribution in [3.8, 4) is 0 Å². The Labute approximate surface area is 94.3 Å². The molecule has 16 heavy (non-hydrogen) atoms. The zero-order valence-corrected chi connectivity index (χ0v) is 9.00. The maximum atomic E-state index is 11.7. The van der Waals surface area contributed by atoms with E-state index in [0.29, 0.717) is 16.2 Å². The summed E-state index contributed by atoms with van der Waals surface area (Å²) in [7, 11) is 0. The number of aryl methyl sites for hydroxylation is 1. The zero-order chi connectivity index (χ0) is 11.4. The van der Waals surface area contributed by atoms with Gasteiger partial charge < -0.3 is 5.21 Å². The van der Waals surface area contributed by atoms with E-state index in [1.807, 2.05) is 37.3 Å². The number of rotatable bonds is 2. The molecule has 2 aromatic carbocycles. The molecule has 0 N–H and O–H groups in total. The molecule has 0 bridgehead atoms. The predicted molar refractivity (Wildman–Crippen MR) is 63.0 cm³/mol. The summed E-state index contributed by atoms with van der Waals surface area (Å²) < 4.78 is 0. The molecule has 3 nitrogen and oxygen atoms in total. The molecule has 0 aliphatic rings. The number of azo groups is 1. The van der Waals surface area contributed by atoms with E-state index in [1.54, 1.807) is 24.3 Å². The summed E-state index contributed by atoms with van der Waals surface area (Å²) in [5.41, 5.74) is 2.31. The molecule has 0 aliphatic heterocycles. The molecule has 0 heterocycles. The van der Waals surface area contributed by atoms with E-state index in [-0.39, 0.29) is 0 Å². The van der Waals surface area contributed by atoms with Gasteiger partial charge in [0.05, 0.1) is 0 Å². The number of nitrogens with zero attached hydrogens (tertiary/aromatic N) is 2. The summed E-state index contributed by atoms with van der Waals surface area (Å²) in [6, 6.07) is 16.5. The number of hydrogen-bond acceptors (Lipinski definition) is 2. The first-order valence-corrected chi connectivity index (χ1v) is 5.06. The topological polar surface area (TPSA) is 38.4 Å². The van der Waals surface area contributed by atoms with E-state index < -0.39 is 0 Å². The summed E-state index contributed by atoms with van der Waals surface area (Å²) in [5, 5.41) is 15.6. The van der Waals surface area contributed by atoms with Crippen molar-refractivity contribution in [2.75, 3.05) is 0 Å². The molecule has 0 saturated carbocycles. The Morgan fingerprint density at radius 3 is 2.19 bits per heavy atom.